The van der Waals surface area contributed by atoms with Gasteiger partial charge >= 0.3 is 0 Å². The predicted octanol–water partition coefficient (Wildman–Crippen LogP) is 4.04. The number of nitrogens with zero attached hydrogens (tertiary/aromatic N) is 2. The largest absolute Gasteiger partial charge is 0.334 e. The number of hydrogen-bond acceptors (Lipinski definition) is 3. The van der Waals surface area contributed by atoms with Crippen LogP contribution in [0.3, 0.4) is 0 Å². The summed E-state index contributed by atoms with van der Waals surface area (Å²) in [5, 5.41) is 3.29. The third kappa shape index (κ3) is 6.31. The molecule has 1 fully saturated rings. The molecule has 0 heterocycles. The van der Waals surface area contributed by atoms with E-state index in [4.69, 9.17) is 11.6 Å². The molecule has 2 amide bonds. The lowest BCUT2D eigenvalue weighted by Gasteiger charge is -2.31. The number of amides is 2. The van der Waals surface area contributed by atoms with Crippen molar-refractivity contribution in [3.05, 3.63) is 65.2 Å². The maximum Gasteiger partial charge on any atom is 0.238 e. The van der Waals surface area contributed by atoms with Gasteiger partial charge < -0.3 is 10.2 Å². The summed E-state index contributed by atoms with van der Waals surface area (Å²) in [6.07, 6.45) is 2.35. The number of carbonyl (C=O) groups excluding carboxylic acids is 2. The van der Waals surface area contributed by atoms with Gasteiger partial charge in [-0.2, -0.15) is 0 Å². The highest BCUT2D eigenvalue weighted by atomic mass is 35.5. The van der Waals surface area contributed by atoms with Gasteiger partial charge in [0, 0.05) is 12.6 Å². The van der Waals surface area contributed by atoms with E-state index in [1.165, 1.54) is 12.8 Å². The van der Waals surface area contributed by atoms with Gasteiger partial charge in [-0.3, -0.25) is 14.5 Å². The average molecular weight is 414 g/mol. The van der Waals surface area contributed by atoms with E-state index < -0.39 is 0 Å². The molecular formula is C23H28ClN3O2. The zero-order valence-electron chi connectivity index (χ0n) is 17.0. The van der Waals surface area contributed by atoms with Gasteiger partial charge in [-0.1, -0.05) is 54.1 Å². The first kappa shape index (κ1) is 21.3. The molecule has 5 nitrogen and oxygen atoms in total. The Labute approximate surface area is 177 Å². The smallest absolute Gasteiger partial charge is 0.238 e. The number of carbonyl (C=O) groups is 2. The van der Waals surface area contributed by atoms with Crippen LogP contribution in [-0.4, -0.2) is 47.8 Å². The molecule has 1 atom stereocenters. The highest BCUT2D eigenvalue weighted by molar-refractivity contribution is 6.33. The van der Waals surface area contributed by atoms with Crippen LogP contribution in [0.2, 0.25) is 5.02 Å². The molecule has 0 radical (unpaired) electrons. The van der Waals surface area contributed by atoms with Crippen LogP contribution in [0.25, 0.3) is 0 Å². The molecule has 2 aromatic rings. The third-order valence-corrected chi connectivity index (χ3v) is 5.61. The molecule has 1 saturated carbocycles. The number of likely N-dealkylation sites (N-methyl/N-ethyl adjacent to an activating group) is 1. The summed E-state index contributed by atoms with van der Waals surface area (Å²) in [5.41, 5.74) is 1.69. The zero-order valence-corrected chi connectivity index (χ0v) is 17.7. The summed E-state index contributed by atoms with van der Waals surface area (Å²) in [6, 6.07) is 17.4. The molecule has 154 valence electrons. The standard InChI is InChI=1S/C23H28ClN3O2/c1-17(19-12-13-19)27(14-18-8-4-3-5-9-18)23(29)16-26(2)15-22(28)25-21-11-7-6-10-20(21)24/h3-11,17,19H,12-16H2,1-2H3,(H,25,28)/t17-/m0/s1. The Kier molecular flexibility index (Phi) is 7.29. The second-order valence-electron chi connectivity index (χ2n) is 7.79. The van der Waals surface area contributed by atoms with Gasteiger partial charge in [0.05, 0.1) is 23.8 Å². The molecule has 3 rings (SSSR count). The van der Waals surface area contributed by atoms with Crippen LogP contribution < -0.4 is 5.32 Å². The van der Waals surface area contributed by atoms with Crippen molar-refractivity contribution in [3.8, 4) is 0 Å². The van der Waals surface area contributed by atoms with Crippen molar-refractivity contribution >= 4 is 29.1 Å². The van der Waals surface area contributed by atoms with E-state index in [1.807, 2.05) is 47.4 Å². The predicted molar refractivity (Wildman–Crippen MR) is 117 cm³/mol. The monoisotopic (exact) mass is 413 g/mol. The molecule has 6 heteroatoms. The fourth-order valence-corrected chi connectivity index (χ4v) is 3.63. The van der Waals surface area contributed by atoms with Gasteiger partial charge in [0.25, 0.3) is 0 Å². The zero-order chi connectivity index (χ0) is 20.8. The minimum atomic E-state index is -0.196. The fraction of sp³-hybridized carbons (Fsp3) is 0.391. The van der Waals surface area contributed by atoms with E-state index in [0.29, 0.717) is 23.2 Å². The van der Waals surface area contributed by atoms with E-state index in [-0.39, 0.29) is 30.9 Å². The Balaban J connectivity index is 1.57. The van der Waals surface area contributed by atoms with Crippen molar-refractivity contribution in [1.82, 2.24) is 9.80 Å². The van der Waals surface area contributed by atoms with Crippen LogP contribution >= 0.6 is 11.6 Å². The summed E-state index contributed by atoms with van der Waals surface area (Å²) < 4.78 is 0. The topological polar surface area (TPSA) is 52.7 Å². The quantitative estimate of drug-likeness (QED) is 0.675. The van der Waals surface area contributed by atoms with Crippen LogP contribution in [0.1, 0.15) is 25.3 Å². The molecule has 29 heavy (non-hydrogen) atoms. The Morgan fingerprint density at radius 1 is 1.07 bits per heavy atom. The first-order valence-corrected chi connectivity index (χ1v) is 10.4. The number of halogens is 1. The van der Waals surface area contributed by atoms with Gasteiger partial charge in [-0.15, -0.1) is 0 Å². The van der Waals surface area contributed by atoms with Gasteiger partial charge in [0.1, 0.15) is 0 Å². The number of anilines is 1. The maximum atomic E-state index is 13.1. The van der Waals surface area contributed by atoms with Crippen LogP contribution in [0.5, 0.6) is 0 Å². The van der Waals surface area contributed by atoms with E-state index >= 15 is 0 Å². The van der Waals surface area contributed by atoms with Crippen molar-refractivity contribution in [1.29, 1.82) is 0 Å². The Bertz CT molecular complexity index is 839. The number of para-hydroxylation sites is 1. The molecule has 0 bridgehead atoms. The number of hydrogen-bond donors (Lipinski definition) is 1. The van der Waals surface area contributed by atoms with Crippen molar-refractivity contribution in [2.24, 2.45) is 5.92 Å². The first-order valence-electron chi connectivity index (χ1n) is 10.0. The van der Waals surface area contributed by atoms with E-state index in [9.17, 15) is 9.59 Å². The molecule has 1 aliphatic rings. The maximum absolute atomic E-state index is 13.1. The Morgan fingerprint density at radius 2 is 1.72 bits per heavy atom. The van der Waals surface area contributed by atoms with Crippen LogP contribution in [0.15, 0.2) is 54.6 Å². The highest BCUT2D eigenvalue weighted by Gasteiger charge is 2.34. The van der Waals surface area contributed by atoms with Crippen molar-refractivity contribution in [2.75, 3.05) is 25.5 Å². The molecule has 0 spiro atoms. The molecule has 0 aliphatic heterocycles. The molecule has 1 aliphatic carbocycles. The number of rotatable bonds is 9. The summed E-state index contributed by atoms with van der Waals surface area (Å²) in [4.78, 5) is 29.1. The third-order valence-electron chi connectivity index (χ3n) is 5.28. The lowest BCUT2D eigenvalue weighted by Crippen LogP contribution is -2.45. The summed E-state index contributed by atoms with van der Waals surface area (Å²) >= 11 is 6.09. The summed E-state index contributed by atoms with van der Waals surface area (Å²) in [5.74, 6) is 0.427. The van der Waals surface area contributed by atoms with E-state index in [0.717, 1.165) is 5.56 Å². The normalized spacial score (nSPS) is 14.5. The lowest BCUT2D eigenvalue weighted by atomic mass is 10.1. The Hall–Kier alpha value is -2.37. The van der Waals surface area contributed by atoms with Crippen LogP contribution in [-0.2, 0) is 16.1 Å². The van der Waals surface area contributed by atoms with Gasteiger partial charge in [-0.25, -0.2) is 0 Å². The van der Waals surface area contributed by atoms with Crippen molar-refractivity contribution in [2.45, 2.75) is 32.4 Å². The summed E-state index contributed by atoms with van der Waals surface area (Å²) in [6.45, 7) is 3.04. The minimum absolute atomic E-state index is 0.0429. The van der Waals surface area contributed by atoms with Crippen LogP contribution in [0, 0.1) is 5.92 Å². The SMILES string of the molecule is C[C@@H](C1CC1)N(Cc1ccccc1)C(=O)CN(C)CC(=O)Nc1ccccc1Cl. The number of benzene rings is 2. The van der Waals surface area contributed by atoms with Gasteiger partial charge in [0.2, 0.25) is 11.8 Å². The van der Waals surface area contributed by atoms with Crippen molar-refractivity contribution in [3.63, 3.8) is 0 Å². The lowest BCUT2D eigenvalue weighted by molar-refractivity contribution is -0.135. The van der Waals surface area contributed by atoms with Gasteiger partial charge in [0.15, 0.2) is 0 Å². The second kappa shape index (κ2) is 9.90. The Morgan fingerprint density at radius 3 is 2.38 bits per heavy atom. The molecule has 0 saturated heterocycles. The molecular weight excluding hydrogens is 386 g/mol. The number of nitrogens with one attached hydrogen (secondary N) is 1. The summed E-state index contributed by atoms with van der Waals surface area (Å²) in [7, 11) is 1.78. The van der Waals surface area contributed by atoms with Crippen LogP contribution in [0.4, 0.5) is 5.69 Å². The minimum Gasteiger partial charge on any atom is -0.334 e. The molecule has 1 N–H and O–H groups in total. The van der Waals surface area contributed by atoms with Gasteiger partial charge in [-0.05, 0) is 50.4 Å². The average Bonchev–Trinajstić information content (AvgIpc) is 3.53. The first-order chi connectivity index (χ1) is 13.9. The van der Waals surface area contributed by atoms with E-state index in [1.54, 1.807) is 24.1 Å². The fourth-order valence-electron chi connectivity index (χ4n) is 3.45. The van der Waals surface area contributed by atoms with Crippen molar-refractivity contribution < 1.29 is 9.59 Å². The highest BCUT2D eigenvalue weighted by Crippen LogP contribution is 2.35. The second-order valence-corrected chi connectivity index (χ2v) is 8.19. The molecule has 0 unspecified atom stereocenters. The molecule has 2 aromatic carbocycles. The van der Waals surface area contributed by atoms with E-state index in [2.05, 4.69) is 12.2 Å². The molecule has 0 aromatic heterocycles.